The number of para-hydroxylation sites is 2. The number of guanidine groups is 1. The molecule has 3 rings (SSSR count). The zero-order chi connectivity index (χ0) is 20.7. The zero-order valence-corrected chi connectivity index (χ0v) is 20.4. The lowest BCUT2D eigenvalue weighted by molar-refractivity contribution is 0.0693. The fraction of sp³-hybridized carbons (Fsp3) is 0.435. The van der Waals surface area contributed by atoms with Gasteiger partial charge in [0.25, 0.3) is 0 Å². The second-order valence-electron chi connectivity index (χ2n) is 7.66. The number of methoxy groups -OCH3 is 1. The van der Waals surface area contributed by atoms with Gasteiger partial charge in [-0.2, -0.15) is 0 Å². The Balaban J connectivity index is 0.00000320. The molecule has 0 spiro atoms. The van der Waals surface area contributed by atoms with Crippen molar-refractivity contribution in [2.24, 2.45) is 4.99 Å². The first-order valence-electron chi connectivity index (χ1n) is 9.97. The van der Waals surface area contributed by atoms with Gasteiger partial charge in [0.1, 0.15) is 17.1 Å². The first kappa shape index (κ1) is 24.3. The Labute approximate surface area is 196 Å². The van der Waals surface area contributed by atoms with Crippen molar-refractivity contribution in [3.8, 4) is 11.5 Å². The lowest BCUT2D eigenvalue weighted by atomic mass is 9.90. The van der Waals surface area contributed by atoms with Crippen LogP contribution in [0.15, 0.2) is 53.5 Å². The highest BCUT2D eigenvalue weighted by Crippen LogP contribution is 2.39. The van der Waals surface area contributed by atoms with Crippen LogP contribution in [0, 0.1) is 0 Å². The number of fused-ring (bicyclic) bond motifs is 1. The molecule has 30 heavy (non-hydrogen) atoms. The van der Waals surface area contributed by atoms with E-state index >= 15 is 0 Å². The van der Waals surface area contributed by atoms with E-state index < -0.39 is 0 Å². The number of aliphatic imine (C=N–C) groups is 1. The van der Waals surface area contributed by atoms with Gasteiger partial charge in [0.2, 0.25) is 0 Å². The van der Waals surface area contributed by atoms with Crippen LogP contribution < -0.4 is 20.1 Å². The summed E-state index contributed by atoms with van der Waals surface area (Å²) in [5.74, 6) is 2.53. The molecule has 1 atom stereocenters. The summed E-state index contributed by atoms with van der Waals surface area (Å²) < 4.78 is 17.3. The third kappa shape index (κ3) is 6.50. The van der Waals surface area contributed by atoms with Gasteiger partial charge in [0.15, 0.2) is 5.96 Å². The van der Waals surface area contributed by atoms with Crippen LogP contribution in [0.1, 0.15) is 37.4 Å². The molecule has 1 aliphatic heterocycles. The zero-order valence-electron chi connectivity index (χ0n) is 18.1. The van der Waals surface area contributed by atoms with E-state index in [2.05, 4.69) is 35.5 Å². The van der Waals surface area contributed by atoms with Gasteiger partial charge in [-0.3, -0.25) is 4.99 Å². The molecular formula is C23H32IN3O3. The Bertz CT molecular complexity index is 842. The number of hydrogen-bond donors (Lipinski definition) is 2. The van der Waals surface area contributed by atoms with Crippen LogP contribution in [0.2, 0.25) is 0 Å². The molecule has 0 fully saturated rings. The van der Waals surface area contributed by atoms with Crippen LogP contribution in [-0.2, 0) is 11.3 Å². The van der Waals surface area contributed by atoms with Gasteiger partial charge >= 0.3 is 0 Å². The summed E-state index contributed by atoms with van der Waals surface area (Å²) in [6.45, 7) is 5.95. The monoisotopic (exact) mass is 525 g/mol. The maximum atomic E-state index is 6.11. The second-order valence-corrected chi connectivity index (χ2v) is 7.66. The van der Waals surface area contributed by atoms with E-state index in [-0.39, 0.29) is 35.6 Å². The van der Waals surface area contributed by atoms with Crippen molar-refractivity contribution >= 4 is 29.9 Å². The second kappa shape index (κ2) is 11.4. The highest BCUT2D eigenvalue weighted by molar-refractivity contribution is 14.0. The molecule has 0 amide bonds. The molecule has 0 bridgehead atoms. The van der Waals surface area contributed by atoms with E-state index in [0.717, 1.165) is 35.0 Å². The minimum Gasteiger partial charge on any atom is -0.496 e. The number of hydrogen-bond acceptors (Lipinski definition) is 4. The predicted molar refractivity (Wildman–Crippen MR) is 131 cm³/mol. The van der Waals surface area contributed by atoms with Crippen molar-refractivity contribution < 1.29 is 14.2 Å². The van der Waals surface area contributed by atoms with Crippen LogP contribution in [0.4, 0.5) is 0 Å². The summed E-state index contributed by atoms with van der Waals surface area (Å²) in [5.41, 5.74) is 1.96. The lowest BCUT2D eigenvalue weighted by Crippen LogP contribution is -2.45. The fourth-order valence-electron chi connectivity index (χ4n) is 3.54. The average Bonchev–Trinajstić information content (AvgIpc) is 2.72. The summed E-state index contributed by atoms with van der Waals surface area (Å²) >= 11 is 0. The molecule has 7 heteroatoms. The Morgan fingerprint density at radius 3 is 2.67 bits per heavy atom. The molecule has 0 aromatic heterocycles. The van der Waals surface area contributed by atoms with Crippen molar-refractivity contribution in [1.29, 1.82) is 0 Å². The SMILES string of the molecule is CN=C(NCCOCc1ccccc1OC)NC1CC(C)(C)Oc2ccccc21.I. The highest BCUT2D eigenvalue weighted by Gasteiger charge is 2.33. The van der Waals surface area contributed by atoms with Crippen molar-refractivity contribution in [1.82, 2.24) is 10.6 Å². The summed E-state index contributed by atoms with van der Waals surface area (Å²) in [4.78, 5) is 4.36. The van der Waals surface area contributed by atoms with Gasteiger partial charge in [0.05, 0.1) is 26.4 Å². The highest BCUT2D eigenvalue weighted by atomic mass is 127. The van der Waals surface area contributed by atoms with Gasteiger partial charge < -0.3 is 24.8 Å². The van der Waals surface area contributed by atoms with Crippen molar-refractivity contribution in [2.45, 2.75) is 38.5 Å². The summed E-state index contributed by atoms with van der Waals surface area (Å²) in [5, 5.41) is 6.86. The molecule has 0 radical (unpaired) electrons. The Morgan fingerprint density at radius 1 is 1.17 bits per heavy atom. The number of nitrogens with one attached hydrogen (secondary N) is 2. The summed E-state index contributed by atoms with van der Waals surface area (Å²) in [6, 6.07) is 16.2. The number of ether oxygens (including phenoxy) is 3. The minimum absolute atomic E-state index is 0. The van der Waals surface area contributed by atoms with Gasteiger partial charge in [-0.25, -0.2) is 0 Å². The number of nitrogens with zero attached hydrogens (tertiary/aromatic N) is 1. The average molecular weight is 525 g/mol. The molecule has 0 saturated carbocycles. The lowest BCUT2D eigenvalue weighted by Gasteiger charge is -2.38. The first-order valence-corrected chi connectivity index (χ1v) is 9.97. The molecule has 164 valence electrons. The van der Waals surface area contributed by atoms with Crippen LogP contribution in [0.5, 0.6) is 11.5 Å². The number of halogens is 1. The van der Waals surface area contributed by atoms with Crippen molar-refractivity contribution in [3.63, 3.8) is 0 Å². The molecule has 1 heterocycles. The van der Waals surface area contributed by atoms with Crippen LogP contribution in [0.3, 0.4) is 0 Å². The molecule has 6 nitrogen and oxygen atoms in total. The largest absolute Gasteiger partial charge is 0.496 e. The van der Waals surface area contributed by atoms with E-state index in [1.807, 2.05) is 42.5 Å². The summed E-state index contributed by atoms with van der Waals surface area (Å²) in [6.07, 6.45) is 0.856. The molecule has 2 N–H and O–H groups in total. The molecule has 1 aliphatic rings. The van der Waals surface area contributed by atoms with Crippen molar-refractivity contribution in [3.05, 3.63) is 59.7 Å². The number of rotatable bonds is 7. The molecule has 0 aliphatic carbocycles. The fourth-order valence-corrected chi connectivity index (χ4v) is 3.54. The van der Waals surface area contributed by atoms with Crippen LogP contribution in [0.25, 0.3) is 0 Å². The van der Waals surface area contributed by atoms with E-state index in [1.54, 1.807) is 14.2 Å². The van der Waals surface area contributed by atoms with Gasteiger partial charge in [-0.15, -0.1) is 24.0 Å². The minimum atomic E-state index is -0.233. The topological polar surface area (TPSA) is 64.1 Å². The molecule has 0 saturated heterocycles. The van der Waals surface area contributed by atoms with E-state index in [4.69, 9.17) is 14.2 Å². The first-order chi connectivity index (χ1) is 14.0. The summed E-state index contributed by atoms with van der Waals surface area (Å²) in [7, 11) is 3.45. The van der Waals surface area contributed by atoms with Crippen molar-refractivity contribution in [2.75, 3.05) is 27.3 Å². The molecule has 2 aromatic carbocycles. The van der Waals surface area contributed by atoms with Crippen LogP contribution >= 0.6 is 24.0 Å². The maximum absolute atomic E-state index is 6.11. The third-order valence-corrected chi connectivity index (χ3v) is 4.90. The van der Waals surface area contributed by atoms with E-state index in [0.29, 0.717) is 19.8 Å². The molecular weight excluding hydrogens is 493 g/mol. The third-order valence-electron chi connectivity index (χ3n) is 4.90. The van der Waals surface area contributed by atoms with E-state index in [9.17, 15) is 0 Å². The Kier molecular flexibility index (Phi) is 9.23. The number of benzene rings is 2. The van der Waals surface area contributed by atoms with Gasteiger partial charge in [-0.1, -0.05) is 36.4 Å². The maximum Gasteiger partial charge on any atom is 0.191 e. The Morgan fingerprint density at radius 2 is 1.90 bits per heavy atom. The Hall–Kier alpha value is -2.00. The standard InChI is InChI=1S/C23H31N3O3.HI/c1-23(2)15-19(18-10-6-8-12-21(18)29-23)26-22(24-3)25-13-14-28-16-17-9-5-7-11-20(17)27-4;/h5-12,19H,13-16H2,1-4H3,(H2,24,25,26);1H. The van der Waals surface area contributed by atoms with Gasteiger partial charge in [0, 0.05) is 31.1 Å². The smallest absolute Gasteiger partial charge is 0.191 e. The molecule has 1 unspecified atom stereocenters. The predicted octanol–water partition coefficient (Wildman–Crippen LogP) is 4.30. The van der Waals surface area contributed by atoms with Crippen LogP contribution in [-0.4, -0.2) is 38.9 Å². The van der Waals surface area contributed by atoms with Gasteiger partial charge in [-0.05, 0) is 26.0 Å². The molecule has 2 aromatic rings. The quantitative estimate of drug-likeness (QED) is 0.244. The normalized spacial score (nSPS) is 17.2. The van der Waals surface area contributed by atoms with E-state index in [1.165, 1.54) is 0 Å².